The summed E-state index contributed by atoms with van der Waals surface area (Å²) in [6, 6.07) is 8.23. The monoisotopic (exact) mass is 384 g/mol. The predicted molar refractivity (Wildman–Crippen MR) is 87.2 cm³/mol. The number of rotatable bonds is 1. The van der Waals surface area contributed by atoms with Gasteiger partial charge in [-0.3, -0.25) is 4.79 Å². The molecule has 0 aliphatic carbocycles. The van der Waals surface area contributed by atoms with Crippen molar-refractivity contribution in [2.75, 3.05) is 12.3 Å². The first-order valence-corrected chi connectivity index (χ1v) is 9.39. The van der Waals surface area contributed by atoms with Crippen molar-refractivity contribution in [3.63, 3.8) is 0 Å². The van der Waals surface area contributed by atoms with Gasteiger partial charge < -0.3 is 4.90 Å². The Morgan fingerprint density at radius 2 is 1.85 bits per heavy atom. The summed E-state index contributed by atoms with van der Waals surface area (Å²) in [5.74, 6) is -0.793. The van der Waals surface area contributed by atoms with Crippen LogP contribution in [-0.4, -0.2) is 36.5 Å². The Labute approximate surface area is 148 Å². The molecule has 138 valence electrons. The van der Waals surface area contributed by atoms with Crippen molar-refractivity contribution in [3.05, 3.63) is 58.9 Å². The van der Waals surface area contributed by atoms with Crippen LogP contribution in [0.2, 0.25) is 0 Å². The molecule has 9 heteroatoms. The number of carbonyl (C=O) groups is 1. The van der Waals surface area contributed by atoms with Crippen LogP contribution in [0, 0.1) is 6.92 Å². The number of alkyl halides is 3. The quantitative estimate of drug-likeness (QED) is 0.758. The maximum Gasteiger partial charge on any atom is 0.433 e. The number of halogens is 3. The number of carbonyl (C=O) groups excluding carboxylic acids is 1. The van der Waals surface area contributed by atoms with E-state index in [2.05, 4.69) is 4.98 Å². The molecule has 1 aromatic carbocycles. The fourth-order valence-corrected chi connectivity index (χ4v) is 4.35. The Morgan fingerprint density at radius 1 is 1.15 bits per heavy atom. The third kappa shape index (κ3) is 3.44. The molecule has 2 heterocycles. The summed E-state index contributed by atoms with van der Waals surface area (Å²) in [6.45, 7) is 1.34. The number of hydrogen-bond donors (Lipinski definition) is 0. The lowest BCUT2D eigenvalue weighted by molar-refractivity contribution is -0.141. The topological polar surface area (TPSA) is 67.3 Å². The molecule has 1 aliphatic rings. The number of hydrogen-bond acceptors (Lipinski definition) is 4. The van der Waals surface area contributed by atoms with Gasteiger partial charge in [-0.05, 0) is 30.7 Å². The normalized spacial score (nSPS) is 16.7. The summed E-state index contributed by atoms with van der Waals surface area (Å²) in [4.78, 5) is 17.7. The Kier molecular flexibility index (Phi) is 4.51. The fraction of sp³-hybridized carbons (Fsp3) is 0.294. The van der Waals surface area contributed by atoms with E-state index in [9.17, 15) is 26.4 Å². The molecule has 5 nitrogen and oxygen atoms in total. The minimum atomic E-state index is -4.60. The van der Waals surface area contributed by atoms with E-state index < -0.39 is 27.6 Å². The van der Waals surface area contributed by atoms with Crippen molar-refractivity contribution in [3.8, 4) is 0 Å². The molecule has 0 unspecified atom stereocenters. The minimum Gasteiger partial charge on any atom is -0.333 e. The molecule has 3 rings (SSSR count). The van der Waals surface area contributed by atoms with E-state index in [0.717, 1.165) is 12.1 Å². The zero-order valence-corrected chi connectivity index (χ0v) is 14.6. The van der Waals surface area contributed by atoms with Gasteiger partial charge in [-0.2, -0.15) is 13.2 Å². The summed E-state index contributed by atoms with van der Waals surface area (Å²) in [5.41, 5.74) is -0.619. The molecule has 1 aromatic heterocycles. The van der Waals surface area contributed by atoms with Crippen LogP contribution in [-0.2, 0) is 22.6 Å². The number of pyridine rings is 1. The van der Waals surface area contributed by atoms with E-state index in [-0.39, 0.29) is 35.0 Å². The van der Waals surface area contributed by atoms with E-state index in [1.165, 1.54) is 17.9 Å². The number of aryl methyl sites for hydroxylation is 1. The average molecular weight is 384 g/mol. The third-order valence-corrected chi connectivity index (χ3v) is 5.98. The minimum absolute atomic E-state index is 0.0229. The Hall–Kier alpha value is -2.42. The summed E-state index contributed by atoms with van der Waals surface area (Å²) < 4.78 is 62.9. The number of sulfone groups is 1. The van der Waals surface area contributed by atoms with Crippen molar-refractivity contribution >= 4 is 15.7 Å². The smallest absolute Gasteiger partial charge is 0.333 e. The van der Waals surface area contributed by atoms with Gasteiger partial charge in [0.1, 0.15) is 5.69 Å². The molecule has 1 amide bonds. The van der Waals surface area contributed by atoms with Crippen molar-refractivity contribution < 1.29 is 26.4 Å². The zero-order chi connectivity index (χ0) is 19.1. The second kappa shape index (κ2) is 6.39. The highest BCUT2D eigenvalue weighted by molar-refractivity contribution is 7.91. The molecule has 0 fully saturated rings. The lowest BCUT2D eigenvalue weighted by atomic mass is 10.1. The molecular weight excluding hydrogens is 369 g/mol. The van der Waals surface area contributed by atoms with Crippen molar-refractivity contribution in [1.82, 2.24) is 9.88 Å². The molecule has 0 radical (unpaired) electrons. The highest BCUT2D eigenvalue weighted by Crippen LogP contribution is 2.29. The maximum atomic E-state index is 12.8. The van der Waals surface area contributed by atoms with Gasteiger partial charge in [-0.15, -0.1) is 0 Å². The van der Waals surface area contributed by atoms with Crippen LogP contribution in [0.15, 0.2) is 41.3 Å². The van der Waals surface area contributed by atoms with Crippen molar-refractivity contribution in [1.29, 1.82) is 0 Å². The van der Waals surface area contributed by atoms with E-state index in [0.29, 0.717) is 5.56 Å². The third-order valence-electron chi connectivity index (χ3n) is 4.19. The van der Waals surface area contributed by atoms with Gasteiger partial charge in [0, 0.05) is 13.1 Å². The Bertz CT molecular complexity index is 971. The van der Waals surface area contributed by atoms with Crippen LogP contribution in [0.5, 0.6) is 0 Å². The largest absolute Gasteiger partial charge is 0.433 e. The zero-order valence-electron chi connectivity index (χ0n) is 13.7. The summed E-state index contributed by atoms with van der Waals surface area (Å²) >= 11 is 0. The van der Waals surface area contributed by atoms with E-state index in [4.69, 9.17) is 0 Å². The first-order chi connectivity index (χ1) is 12.1. The van der Waals surface area contributed by atoms with E-state index in [1.807, 2.05) is 0 Å². The second-order valence-corrected chi connectivity index (χ2v) is 8.06. The molecule has 0 spiro atoms. The lowest BCUT2D eigenvalue weighted by Gasteiger charge is -2.21. The van der Waals surface area contributed by atoms with Crippen LogP contribution < -0.4 is 0 Å². The highest BCUT2D eigenvalue weighted by Gasteiger charge is 2.34. The van der Waals surface area contributed by atoms with Gasteiger partial charge in [0.05, 0.1) is 21.9 Å². The molecule has 0 saturated carbocycles. The molecule has 2 aromatic rings. The molecule has 1 aliphatic heterocycles. The fourth-order valence-electron chi connectivity index (χ4n) is 2.85. The van der Waals surface area contributed by atoms with Crippen molar-refractivity contribution in [2.45, 2.75) is 24.5 Å². The van der Waals surface area contributed by atoms with Gasteiger partial charge in [-0.25, -0.2) is 13.4 Å². The van der Waals surface area contributed by atoms with Crippen LogP contribution in [0.4, 0.5) is 13.2 Å². The number of fused-ring (bicyclic) bond motifs is 1. The highest BCUT2D eigenvalue weighted by atomic mass is 32.2. The Morgan fingerprint density at radius 3 is 2.50 bits per heavy atom. The first kappa shape index (κ1) is 18.4. The van der Waals surface area contributed by atoms with Crippen LogP contribution in [0.3, 0.4) is 0 Å². The van der Waals surface area contributed by atoms with Gasteiger partial charge >= 0.3 is 6.18 Å². The SMILES string of the molecule is Cc1nc(C(F)(F)F)ccc1C(=O)N1CCS(=O)(=O)c2ccccc2C1. The van der Waals surface area contributed by atoms with Crippen LogP contribution in [0.1, 0.15) is 27.3 Å². The maximum absolute atomic E-state index is 12.8. The van der Waals surface area contributed by atoms with Gasteiger partial charge in [0.15, 0.2) is 9.84 Å². The molecular formula is C17H15F3N2O3S. The van der Waals surface area contributed by atoms with Gasteiger partial charge in [0.2, 0.25) is 0 Å². The number of nitrogens with zero attached hydrogens (tertiary/aromatic N) is 2. The molecule has 0 bridgehead atoms. The van der Waals surface area contributed by atoms with Crippen LogP contribution >= 0.6 is 0 Å². The van der Waals surface area contributed by atoms with E-state index >= 15 is 0 Å². The van der Waals surface area contributed by atoms with Crippen molar-refractivity contribution in [2.24, 2.45) is 0 Å². The molecule has 26 heavy (non-hydrogen) atoms. The lowest BCUT2D eigenvalue weighted by Crippen LogP contribution is -2.33. The average Bonchev–Trinajstić information content (AvgIpc) is 2.70. The molecule has 0 atom stereocenters. The number of aromatic nitrogens is 1. The standard InChI is InChI=1S/C17H15F3N2O3S/c1-11-13(6-7-15(21-11)17(18,19)20)16(23)22-8-9-26(24,25)14-5-3-2-4-12(14)10-22/h2-7H,8-10H2,1H3. The summed E-state index contributed by atoms with van der Waals surface area (Å²) in [7, 11) is -3.52. The number of amides is 1. The first-order valence-electron chi connectivity index (χ1n) is 7.74. The molecule has 0 saturated heterocycles. The number of benzene rings is 1. The molecule has 0 N–H and O–H groups in total. The second-order valence-electron chi connectivity index (χ2n) is 5.98. The van der Waals surface area contributed by atoms with E-state index in [1.54, 1.807) is 18.2 Å². The summed E-state index contributed by atoms with van der Waals surface area (Å²) in [6.07, 6.45) is -4.60. The Balaban J connectivity index is 1.94. The summed E-state index contributed by atoms with van der Waals surface area (Å²) in [5, 5.41) is 0. The van der Waals surface area contributed by atoms with Gasteiger partial charge in [-0.1, -0.05) is 18.2 Å². The van der Waals surface area contributed by atoms with Gasteiger partial charge in [0.25, 0.3) is 5.91 Å². The predicted octanol–water partition coefficient (Wildman–Crippen LogP) is 2.84. The van der Waals surface area contributed by atoms with Crippen LogP contribution in [0.25, 0.3) is 0 Å².